The summed E-state index contributed by atoms with van der Waals surface area (Å²) in [6.45, 7) is 4.67. The lowest BCUT2D eigenvalue weighted by molar-refractivity contribution is -0.163. The summed E-state index contributed by atoms with van der Waals surface area (Å²) in [5, 5.41) is 3.66. The summed E-state index contributed by atoms with van der Waals surface area (Å²) >= 11 is 0. The monoisotopic (exact) mass is 291 g/mol. The van der Waals surface area contributed by atoms with E-state index in [1.165, 1.54) is 11.1 Å². The molecule has 2 aliphatic rings. The van der Waals surface area contributed by atoms with Crippen molar-refractivity contribution >= 4 is 0 Å². The molecule has 4 heteroatoms. The largest absolute Gasteiger partial charge is 0.497 e. The van der Waals surface area contributed by atoms with E-state index in [9.17, 15) is 0 Å². The second kappa shape index (κ2) is 6.77. The standard InChI is InChI=1S/C17H25NO3/c1-3-8-18-17-15-9-13(19-2)6-4-12(15)5-7-16(17)21-14-10-20-11-14/h4,6,9,14,16-18H,3,5,7-8,10-11H2,1-2H3. The van der Waals surface area contributed by atoms with Crippen LogP contribution in [0.5, 0.6) is 5.75 Å². The molecule has 1 N–H and O–H groups in total. The lowest BCUT2D eigenvalue weighted by Gasteiger charge is -2.38. The third-order valence-electron chi connectivity index (χ3n) is 4.35. The van der Waals surface area contributed by atoms with Gasteiger partial charge in [-0.15, -0.1) is 0 Å². The number of benzene rings is 1. The Balaban J connectivity index is 1.81. The Morgan fingerprint density at radius 3 is 2.86 bits per heavy atom. The summed E-state index contributed by atoms with van der Waals surface area (Å²) in [5.41, 5.74) is 2.74. The van der Waals surface area contributed by atoms with Crippen molar-refractivity contribution in [3.63, 3.8) is 0 Å². The Kier molecular flexibility index (Phi) is 4.78. The Morgan fingerprint density at radius 1 is 1.33 bits per heavy atom. The van der Waals surface area contributed by atoms with E-state index in [-0.39, 0.29) is 18.2 Å². The average Bonchev–Trinajstić information content (AvgIpc) is 2.48. The Bertz CT molecular complexity index is 473. The van der Waals surface area contributed by atoms with Crippen LogP contribution < -0.4 is 10.1 Å². The van der Waals surface area contributed by atoms with Crippen LogP contribution in [0, 0.1) is 0 Å². The summed E-state index contributed by atoms with van der Waals surface area (Å²) in [6, 6.07) is 6.66. The van der Waals surface area contributed by atoms with Crippen LogP contribution in [-0.4, -0.2) is 39.1 Å². The Hall–Kier alpha value is -1.10. The molecule has 0 bridgehead atoms. The highest BCUT2D eigenvalue weighted by Gasteiger charge is 2.33. The van der Waals surface area contributed by atoms with Gasteiger partial charge >= 0.3 is 0 Å². The molecule has 1 fully saturated rings. The smallest absolute Gasteiger partial charge is 0.119 e. The highest BCUT2D eigenvalue weighted by molar-refractivity contribution is 5.40. The van der Waals surface area contributed by atoms with E-state index in [1.807, 2.05) is 0 Å². The summed E-state index contributed by atoms with van der Waals surface area (Å²) in [7, 11) is 1.72. The van der Waals surface area contributed by atoms with Crippen molar-refractivity contribution in [3.8, 4) is 5.75 Å². The fourth-order valence-corrected chi connectivity index (χ4v) is 3.11. The van der Waals surface area contributed by atoms with Crippen LogP contribution in [0.2, 0.25) is 0 Å². The molecule has 3 rings (SSSR count). The van der Waals surface area contributed by atoms with Gasteiger partial charge in [0.15, 0.2) is 0 Å². The SMILES string of the molecule is CCCNC1c2cc(OC)ccc2CCC1OC1COC1. The van der Waals surface area contributed by atoms with E-state index in [0.29, 0.717) is 0 Å². The molecule has 21 heavy (non-hydrogen) atoms. The molecule has 1 saturated heterocycles. The Labute approximate surface area is 126 Å². The Morgan fingerprint density at radius 2 is 2.19 bits per heavy atom. The van der Waals surface area contributed by atoms with Crippen LogP contribution in [0.3, 0.4) is 0 Å². The first kappa shape index (κ1) is 14.8. The van der Waals surface area contributed by atoms with Gasteiger partial charge in [-0.1, -0.05) is 13.0 Å². The summed E-state index contributed by atoms with van der Waals surface area (Å²) in [4.78, 5) is 0. The first-order valence-electron chi connectivity index (χ1n) is 7.95. The van der Waals surface area contributed by atoms with Crippen molar-refractivity contribution in [2.45, 2.75) is 44.4 Å². The third kappa shape index (κ3) is 3.23. The second-order valence-electron chi connectivity index (χ2n) is 5.87. The van der Waals surface area contributed by atoms with Crippen LogP contribution in [0.15, 0.2) is 18.2 Å². The van der Waals surface area contributed by atoms with E-state index in [0.717, 1.165) is 44.8 Å². The molecule has 2 unspecified atom stereocenters. The van der Waals surface area contributed by atoms with Crippen LogP contribution in [0.1, 0.15) is 36.9 Å². The van der Waals surface area contributed by atoms with Crippen LogP contribution in [-0.2, 0) is 15.9 Å². The highest BCUT2D eigenvalue weighted by Crippen LogP contribution is 2.35. The van der Waals surface area contributed by atoms with Gasteiger partial charge in [0, 0.05) is 0 Å². The minimum atomic E-state index is 0.227. The first-order chi connectivity index (χ1) is 10.3. The van der Waals surface area contributed by atoms with Gasteiger partial charge in [-0.05, 0) is 49.1 Å². The quantitative estimate of drug-likeness (QED) is 0.874. The van der Waals surface area contributed by atoms with Crippen molar-refractivity contribution < 1.29 is 14.2 Å². The molecule has 1 aromatic carbocycles. The number of methoxy groups -OCH3 is 1. The minimum absolute atomic E-state index is 0.227. The third-order valence-corrected chi connectivity index (χ3v) is 4.35. The fraction of sp³-hybridized carbons (Fsp3) is 0.647. The topological polar surface area (TPSA) is 39.7 Å². The van der Waals surface area contributed by atoms with E-state index < -0.39 is 0 Å². The minimum Gasteiger partial charge on any atom is -0.497 e. The molecule has 0 spiro atoms. The molecule has 1 aliphatic heterocycles. The molecule has 1 aromatic rings. The average molecular weight is 291 g/mol. The maximum absolute atomic E-state index is 6.24. The normalized spacial score (nSPS) is 25.2. The number of ether oxygens (including phenoxy) is 3. The van der Waals surface area contributed by atoms with Gasteiger partial charge in [0.1, 0.15) is 11.9 Å². The van der Waals surface area contributed by atoms with Crippen LogP contribution >= 0.6 is 0 Å². The summed E-state index contributed by atoms with van der Waals surface area (Å²) in [6.07, 6.45) is 3.76. The van der Waals surface area contributed by atoms with E-state index in [1.54, 1.807) is 7.11 Å². The lowest BCUT2D eigenvalue weighted by atomic mass is 9.85. The molecule has 0 aromatic heterocycles. The fourth-order valence-electron chi connectivity index (χ4n) is 3.11. The van der Waals surface area contributed by atoms with Gasteiger partial charge in [-0.25, -0.2) is 0 Å². The predicted molar refractivity (Wildman–Crippen MR) is 81.8 cm³/mol. The molecule has 116 valence electrons. The number of hydrogen-bond acceptors (Lipinski definition) is 4. The molecule has 0 amide bonds. The lowest BCUT2D eigenvalue weighted by Crippen LogP contribution is -2.45. The van der Waals surface area contributed by atoms with Crippen molar-refractivity contribution in [1.29, 1.82) is 0 Å². The highest BCUT2D eigenvalue weighted by atomic mass is 16.6. The van der Waals surface area contributed by atoms with Crippen LogP contribution in [0.25, 0.3) is 0 Å². The first-order valence-corrected chi connectivity index (χ1v) is 7.95. The van der Waals surface area contributed by atoms with E-state index in [4.69, 9.17) is 14.2 Å². The van der Waals surface area contributed by atoms with Gasteiger partial charge in [0.05, 0.1) is 32.5 Å². The molecular formula is C17H25NO3. The number of fused-ring (bicyclic) bond motifs is 1. The molecule has 0 saturated carbocycles. The zero-order valence-corrected chi connectivity index (χ0v) is 12.9. The molecule has 1 aliphatic carbocycles. The molecule has 0 radical (unpaired) electrons. The maximum atomic E-state index is 6.24. The van der Waals surface area contributed by atoms with Crippen LogP contribution in [0.4, 0.5) is 0 Å². The van der Waals surface area contributed by atoms with E-state index >= 15 is 0 Å². The number of rotatable bonds is 6. The van der Waals surface area contributed by atoms with Crippen molar-refractivity contribution in [2.24, 2.45) is 0 Å². The predicted octanol–water partition coefficient (Wildman–Crippen LogP) is 2.47. The second-order valence-corrected chi connectivity index (χ2v) is 5.87. The number of aryl methyl sites for hydroxylation is 1. The molecule has 4 nitrogen and oxygen atoms in total. The molecule has 2 atom stereocenters. The van der Waals surface area contributed by atoms with Crippen molar-refractivity contribution in [1.82, 2.24) is 5.32 Å². The van der Waals surface area contributed by atoms with Gasteiger partial charge in [0.25, 0.3) is 0 Å². The van der Waals surface area contributed by atoms with Gasteiger partial charge in [-0.3, -0.25) is 0 Å². The summed E-state index contributed by atoms with van der Waals surface area (Å²) in [5.74, 6) is 0.921. The van der Waals surface area contributed by atoms with Crippen molar-refractivity contribution in [3.05, 3.63) is 29.3 Å². The number of hydrogen-bond donors (Lipinski definition) is 1. The van der Waals surface area contributed by atoms with Crippen molar-refractivity contribution in [2.75, 3.05) is 26.9 Å². The van der Waals surface area contributed by atoms with Gasteiger partial charge < -0.3 is 19.5 Å². The van der Waals surface area contributed by atoms with Gasteiger partial charge in [0.2, 0.25) is 0 Å². The molecular weight excluding hydrogens is 266 g/mol. The number of nitrogens with one attached hydrogen (secondary N) is 1. The maximum Gasteiger partial charge on any atom is 0.119 e. The zero-order chi connectivity index (χ0) is 14.7. The van der Waals surface area contributed by atoms with Gasteiger partial charge in [-0.2, -0.15) is 0 Å². The van der Waals surface area contributed by atoms with E-state index in [2.05, 4.69) is 30.4 Å². The zero-order valence-electron chi connectivity index (χ0n) is 12.9. The summed E-state index contributed by atoms with van der Waals surface area (Å²) < 4.78 is 16.9. The molecule has 1 heterocycles.